The third kappa shape index (κ3) is 4.58. The molecule has 1 aromatic carbocycles. The lowest BCUT2D eigenvalue weighted by molar-refractivity contribution is 0.0659. The molecule has 11 heteroatoms. The summed E-state index contributed by atoms with van der Waals surface area (Å²) in [6.07, 6.45) is -0.886. The highest BCUT2D eigenvalue weighted by Crippen LogP contribution is 2.41. The highest BCUT2D eigenvalue weighted by molar-refractivity contribution is 5.92. The minimum atomic E-state index is -2.60. The molecular formula is C25H28F2N6O3. The van der Waals surface area contributed by atoms with Crippen molar-refractivity contribution < 1.29 is 23.0 Å². The first-order chi connectivity index (χ1) is 17.5. The van der Waals surface area contributed by atoms with Crippen LogP contribution in [0.1, 0.15) is 34.6 Å². The first-order valence-corrected chi connectivity index (χ1v) is 11.8. The third-order valence-corrected chi connectivity index (χ3v) is 6.63. The van der Waals surface area contributed by atoms with E-state index in [1.165, 1.54) is 11.8 Å². The van der Waals surface area contributed by atoms with E-state index in [0.717, 1.165) is 18.7 Å². The lowest BCUT2D eigenvalue weighted by Crippen LogP contribution is -2.46. The number of pyridine rings is 1. The Morgan fingerprint density at radius 2 is 1.86 bits per heavy atom. The van der Waals surface area contributed by atoms with Crippen molar-refractivity contribution in [3.63, 3.8) is 0 Å². The number of halogens is 2. The number of carbonyl (C=O) groups excluding carboxylic acids is 1. The fraction of sp³-hybridized carbons (Fsp3) is 0.400. The second kappa shape index (κ2) is 10.1. The average molecular weight is 499 g/mol. The Morgan fingerprint density at radius 3 is 2.53 bits per heavy atom. The summed E-state index contributed by atoms with van der Waals surface area (Å²) >= 11 is 0. The van der Waals surface area contributed by atoms with Gasteiger partial charge in [0.15, 0.2) is 11.5 Å². The van der Waals surface area contributed by atoms with E-state index in [-0.39, 0.29) is 18.4 Å². The number of nitrogens with zero attached hydrogens (tertiary/aromatic N) is 4. The predicted octanol–water partition coefficient (Wildman–Crippen LogP) is 3.37. The molecule has 4 heterocycles. The minimum Gasteiger partial charge on any atom is -0.493 e. The summed E-state index contributed by atoms with van der Waals surface area (Å²) in [5.41, 5.74) is 2.31. The Balaban J connectivity index is 1.40. The van der Waals surface area contributed by atoms with E-state index >= 15 is 0 Å². The van der Waals surface area contributed by atoms with Gasteiger partial charge in [0, 0.05) is 44.0 Å². The maximum atomic E-state index is 14.1. The van der Waals surface area contributed by atoms with Crippen LogP contribution in [0.5, 0.6) is 11.5 Å². The Kier molecular flexibility index (Phi) is 6.73. The predicted molar refractivity (Wildman–Crippen MR) is 130 cm³/mol. The standard InChI is InChI=1S/C25H28F2N6O3/c1-35-21-6-4-15(11-22(21)36-2)18-12-20(24(26)27)33-23(30-18)13-19(31-33)16-3-5-17(29-14-16)25(34)32-9-7-28-8-10-32/h3-6,11,13-14,18,20,24,28,30H,7-10,12H2,1-2H3. The van der Waals surface area contributed by atoms with Gasteiger partial charge >= 0.3 is 0 Å². The van der Waals surface area contributed by atoms with E-state index in [1.54, 1.807) is 48.5 Å². The lowest BCUT2D eigenvalue weighted by atomic mass is 9.97. The lowest BCUT2D eigenvalue weighted by Gasteiger charge is -2.32. The number of amides is 1. The number of aromatic nitrogens is 3. The highest BCUT2D eigenvalue weighted by atomic mass is 19.3. The van der Waals surface area contributed by atoms with Gasteiger partial charge in [0.25, 0.3) is 12.3 Å². The van der Waals surface area contributed by atoms with Gasteiger partial charge in [-0.2, -0.15) is 5.10 Å². The van der Waals surface area contributed by atoms with Crippen molar-refractivity contribution in [1.82, 2.24) is 25.0 Å². The molecular weight excluding hydrogens is 470 g/mol. The van der Waals surface area contributed by atoms with Crippen molar-refractivity contribution in [1.29, 1.82) is 0 Å². The molecule has 3 aromatic rings. The molecule has 0 radical (unpaired) electrons. The number of fused-ring (bicyclic) bond motifs is 1. The summed E-state index contributed by atoms with van der Waals surface area (Å²) in [6.45, 7) is 2.79. The first-order valence-electron chi connectivity index (χ1n) is 11.8. The van der Waals surface area contributed by atoms with Crippen molar-refractivity contribution in [3.8, 4) is 22.8 Å². The number of carbonyl (C=O) groups is 1. The summed E-state index contributed by atoms with van der Waals surface area (Å²) < 4.78 is 40.2. The summed E-state index contributed by atoms with van der Waals surface area (Å²) in [4.78, 5) is 18.8. The maximum absolute atomic E-state index is 14.1. The summed E-state index contributed by atoms with van der Waals surface area (Å²) in [5, 5.41) is 11.0. The zero-order valence-corrected chi connectivity index (χ0v) is 20.1. The quantitative estimate of drug-likeness (QED) is 0.538. The topological polar surface area (TPSA) is 93.5 Å². The Morgan fingerprint density at radius 1 is 1.08 bits per heavy atom. The molecule has 1 saturated heterocycles. The molecule has 5 rings (SSSR count). The van der Waals surface area contributed by atoms with E-state index in [0.29, 0.717) is 47.4 Å². The van der Waals surface area contributed by atoms with E-state index < -0.39 is 12.5 Å². The molecule has 190 valence electrons. The van der Waals surface area contributed by atoms with Crippen molar-refractivity contribution in [2.75, 3.05) is 45.7 Å². The van der Waals surface area contributed by atoms with Crippen LogP contribution in [-0.2, 0) is 0 Å². The van der Waals surface area contributed by atoms with Crippen molar-refractivity contribution >= 4 is 11.7 Å². The van der Waals surface area contributed by atoms with Gasteiger partial charge in [-0.1, -0.05) is 6.07 Å². The number of ether oxygens (including phenoxy) is 2. The van der Waals surface area contributed by atoms with Crippen molar-refractivity contribution in [2.45, 2.75) is 24.9 Å². The van der Waals surface area contributed by atoms with Crippen LogP contribution in [-0.4, -0.2) is 72.4 Å². The molecule has 2 N–H and O–H groups in total. The number of piperazine rings is 1. The van der Waals surface area contributed by atoms with Crippen LogP contribution in [0.25, 0.3) is 11.3 Å². The van der Waals surface area contributed by atoms with Crippen molar-refractivity contribution in [3.05, 3.63) is 53.9 Å². The number of hydrogen-bond donors (Lipinski definition) is 2. The Labute approximate surface area is 207 Å². The minimum absolute atomic E-state index is 0.121. The van der Waals surface area contributed by atoms with E-state index in [1.807, 2.05) is 6.07 Å². The molecule has 9 nitrogen and oxygen atoms in total. The average Bonchev–Trinajstić information content (AvgIpc) is 3.36. The maximum Gasteiger partial charge on any atom is 0.272 e. The normalized spacial score (nSPS) is 19.5. The van der Waals surface area contributed by atoms with E-state index in [9.17, 15) is 13.6 Å². The van der Waals surface area contributed by atoms with Gasteiger partial charge in [-0.15, -0.1) is 0 Å². The van der Waals surface area contributed by atoms with E-state index in [4.69, 9.17) is 9.47 Å². The molecule has 0 bridgehead atoms. The molecule has 0 aliphatic carbocycles. The van der Waals surface area contributed by atoms with E-state index in [2.05, 4.69) is 20.7 Å². The highest BCUT2D eigenvalue weighted by Gasteiger charge is 2.35. The fourth-order valence-electron chi connectivity index (χ4n) is 4.68. The molecule has 2 aromatic heterocycles. The second-order valence-corrected chi connectivity index (χ2v) is 8.78. The summed E-state index contributed by atoms with van der Waals surface area (Å²) in [6, 6.07) is 9.07. The first kappa shape index (κ1) is 24.0. The number of nitrogens with one attached hydrogen (secondary N) is 2. The molecule has 1 amide bonds. The van der Waals surface area contributed by atoms with Crippen LogP contribution in [0.3, 0.4) is 0 Å². The van der Waals surface area contributed by atoms with Crippen LogP contribution in [0.15, 0.2) is 42.6 Å². The number of anilines is 1. The van der Waals surface area contributed by atoms with Gasteiger partial charge < -0.3 is 25.0 Å². The van der Waals surface area contributed by atoms with Crippen LogP contribution < -0.4 is 20.1 Å². The van der Waals surface area contributed by atoms with Crippen LogP contribution in [0.2, 0.25) is 0 Å². The van der Waals surface area contributed by atoms with Gasteiger partial charge in [-0.25, -0.2) is 13.5 Å². The SMILES string of the molecule is COc1ccc(C2CC(C(F)F)n3nc(-c4ccc(C(=O)N5CCNCC5)nc4)cc3N2)cc1OC. The monoisotopic (exact) mass is 498 g/mol. The zero-order chi connectivity index (χ0) is 25.2. The van der Waals surface area contributed by atoms with Gasteiger partial charge in [-0.3, -0.25) is 9.78 Å². The molecule has 2 aliphatic heterocycles. The third-order valence-electron chi connectivity index (χ3n) is 6.63. The number of alkyl halides is 2. The number of rotatable bonds is 6. The Hall–Kier alpha value is -3.73. The summed E-state index contributed by atoms with van der Waals surface area (Å²) in [7, 11) is 3.08. The molecule has 0 saturated carbocycles. The van der Waals surface area contributed by atoms with Gasteiger partial charge in [0.1, 0.15) is 17.6 Å². The fourth-order valence-corrected chi connectivity index (χ4v) is 4.68. The number of methoxy groups -OCH3 is 2. The Bertz CT molecular complexity index is 1230. The molecule has 2 atom stereocenters. The van der Waals surface area contributed by atoms with Crippen molar-refractivity contribution in [2.24, 2.45) is 0 Å². The second-order valence-electron chi connectivity index (χ2n) is 8.78. The number of hydrogen-bond acceptors (Lipinski definition) is 7. The smallest absolute Gasteiger partial charge is 0.272 e. The molecule has 0 spiro atoms. The van der Waals surface area contributed by atoms with Gasteiger partial charge in [0.05, 0.1) is 26.0 Å². The molecule has 36 heavy (non-hydrogen) atoms. The van der Waals surface area contributed by atoms with Gasteiger partial charge in [0.2, 0.25) is 0 Å². The van der Waals surface area contributed by atoms with Crippen LogP contribution in [0.4, 0.5) is 14.6 Å². The molecule has 2 unspecified atom stereocenters. The molecule has 2 aliphatic rings. The number of benzene rings is 1. The van der Waals surface area contributed by atoms with Gasteiger partial charge in [-0.05, 0) is 36.2 Å². The van der Waals surface area contributed by atoms with Crippen LogP contribution >= 0.6 is 0 Å². The largest absolute Gasteiger partial charge is 0.493 e. The summed E-state index contributed by atoms with van der Waals surface area (Å²) in [5.74, 6) is 1.47. The zero-order valence-electron chi connectivity index (χ0n) is 20.1. The molecule has 1 fully saturated rings. The van der Waals surface area contributed by atoms with Crippen LogP contribution in [0, 0.1) is 0 Å².